The summed E-state index contributed by atoms with van der Waals surface area (Å²) in [6.07, 6.45) is 5.28. The number of aromatic nitrogens is 2. The lowest BCUT2D eigenvalue weighted by Crippen LogP contribution is -2.43. The molecule has 6 rings (SSSR count). The van der Waals surface area contributed by atoms with Crippen LogP contribution >= 0.6 is 0 Å². The molecular weight excluding hydrogens is 577 g/mol. The van der Waals surface area contributed by atoms with Crippen LogP contribution in [0.4, 0.5) is 9.18 Å². The topological polar surface area (TPSA) is 98.5 Å². The number of benzene rings is 1. The van der Waals surface area contributed by atoms with Crippen molar-refractivity contribution in [3.8, 4) is 11.5 Å². The molecule has 0 aliphatic carbocycles. The third-order valence-corrected chi connectivity index (χ3v) is 8.12. The number of fused-ring (bicyclic) bond motifs is 2. The van der Waals surface area contributed by atoms with Gasteiger partial charge in [0.25, 0.3) is 5.56 Å². The van der Waals surface area contributed by atoms with Crippen LogP contribution in [-0.4, -0.2) is 69.7 Å². The van der Waals surface area contributed by atoms with E-state index in [0.717, 1.165) is 17.0 Å². The van der Waals surface area contributed by atoms with Crippen molar-refractivity contribution in [2.75, 3.05) is 26.7 Å². The molecule has 0 saturated carbocycles. The first kappa shape index (κ1) is 30.4. The van der Waals surface area contributed by atoms with Crippen LogP contribution in [0, 0.1) is 0 Å². The summed E-state index contributed by atoms with van der Waals surface area (Å²) in [5, 5.41) is 0.350. The lowest BCUT2D eigenvalue weighted by atomic mass is 10.0. The van der Waals surface area contributed by atoms with Crippen molar-refractivity contribution < 1.29 is 23.4 Å². The van der Waals surface area contributed by atoms with Crippen LogP contribution in [0.15, 0.2) is 70.5 Å². The smallest absolute Gasteiger partial charge is 0.410 e. The normalized spacial score (nSPS) is 18.7. The Balaban J connectivity index is 1.33. The summed E-state index contributed by atoms with van der Waals surface area (Å²) in [5.74, 6) is 0.732. The van der Waals surface area contributed by atoms with E-state index in [-0.39, 0.29) is 30.1 Å². The van der Waals surface area contributed by atoms with Gasteiger partial charge in [-0.05, 0) is 70.4 Å². The first-order valence-electron chi connectivity index (χ1n) is 15.2. The van der Waals surface area contributed by atoms with Gasteiger partial charge in [0.15, 0.2) is 6.17 Å². The minimum Gasteiger partial charge on any atom is -0.497 e. The van der Waals surface area contributed by atoms with Crippen LogP contribution in [-0.2, 0) is 11.3 Å². The Kier molecular flexibility index (Phi) is 8.11. The number of allylic oxidation sites excluding steroid dienone is 2. The zero-order valence-electron chi connectivity index (χ0n) is 26.2. The van der Waals surface area contributed by atoms with Gasteiger partial charge in [-0.25, -0.2) is 14.2 Å². The highest BCUT2D eigenvalue weighted by atomic mass is 19.1. The van der Waals surface area contributed by atoms with Gasteiger partial charge in [-0.15, -0.1) is 0 Å². The number of hydrogen-bond donors (Lipinski definition) is 0. The second-order valence-electron chi connectivity index (χ2n) is 12.7. The van der Waals surface area contributed by atoms with Crippen molar-refractivity contribution in [1.29, 1.82) is 0 Å². The molecule has 1 atom stereocenters. The standard InChI is InChI=1S/C34H38FN5O5/c1-21-18-39-19-23(16-26(35)31(39)36-21)28-17-29(44-20-22-6-8-25(43-5)9-7-22)30-27(37-28)12-15-40(32(30)41)24-10-13-38(14-11-24)33(42)45-34(2,3)4/h6-9,12,15-17,19,24,31H,10-11,13-14,18,20H2,1-5H3. The molecule has 1 unspecified atom stereocenters. The Morgan fingerprint density at radius 3 is 2.53 bits per heavy atom. The molecule has 1 amide bonds. The fraction of sp³-hybridized carbons (Fsp3) is 0.412. The number of hydrogen-bond acceptors (Lipinski definition) is 8. The highest BCUT2D eigenvalue weighted by Gasteiger charge is 2.31. The Hall–Kier alpha value is -4.67. The molecule has 45 heavy (non-hydrogen) atoms. The summed E-state index contributed by atoms with van der Waals surface area (Å²) in [7, 11) is 1.61. The molecule has 1 fully saturated rings. The Labute approximate surface area is 261 Å². The van der Waals surface area contributed by atoms with Gasteiger partial charge in [0, 0.05) is 48.9 Å². The highest BCUT2D eigenvalue weighted by Crippen LogP contribution is 2.34. The number of nitrogens with zero attached hydrogens (tertiary/aromatic N) is 5. The summed E-state index contributed by atoms with van der Waals surface area (Å²) in [6, 6.07) is 10.9. The monoisotopic (exact) mass is 615 g/mol. The first-order valence-corrected chi connectivity index (χ1v) is 15.2. The van der Waals surface area contributed by atoms with Crippen LogP contribution in [0.3, 0.4) is 0 Å². The lowest BCUT2D eigenvalue weighted by Gasteiger charge is -2.34. The molecule has 3 aliphatic heterocycles. The summed E-state index contributed by atoms with van der Waals surface area (Å²) in [6.45, 7) is 9.10. The van der Waals surface area contributed by atoms with Crippen molar-refractivity contribution >= 4 is 28.3 Å². The number of halogens is 1. The van der Waals surface area contributed by atoms with Gasteiger partial charge >= 0.3 is 6.09 Å². The fourth-order valence-electron chi connectivity index (χ4n) is 5.90. The van der Waals surface area contributed by atoms with E-state index < -0.39 is 11.8 Å². The largest absolute Gasteiger partial charge is 0.497 e. The minimum atomic E-state index is -0.645. The molecule has 10 nitrogen and oxygen atoms in total. The molecule has 236 valence electrons. The average Bonchev–Trinajstić information content (AvgIpc) is 3.40. The second kappa shape index (κ2) is 12.0. The summed E-state index contributed by atoms with van der Waals surface area (Å²) in [5.41, 5.74) is 2.47. The van der Waals surface area contributed by atoms with Gasteiger partial charge in [-0.3, -0.25) is 9.79 Å². The minimum absolute atomic E-state index is 0.108. The van der Waals surface area contributed by atoms with Gasteiger partial charge in [-0.2, -0.15) is 0 Å². The van der Waals surface area contributed by atoms with Crippen molar-refractivity contribution in [1.82, 2.24) is 19.4 Å². The third kappa shape index (κ3) is 6.43. The van der Waals surface area contributed by atoms with E-state index in [2.05, 4.69) is 4.99 Å². The molecule has 1 saturated heterocycles. The molecule has 0 radical (unpaired) electrons. The van der Waals surface area contributed by atoms with Crippen LogP contribution in [0.5, 0.6) is 11.5 Å². The molecule has 3 aliphatic rings. The van der Waals surface area contributed by atoms with Gasteiger partial charge in [0.2, 0.25) is 0 Å². The maximum absolute atomic E-state index is 15.1. The zero-order valence-corrected chi connectivity index (χ0v) is 26.2. The van der Waals surface area contributed by atoms with Gasteiger partial charge in [0.05, 0.1) is 24.9 Å². The van der Waals surface area contributed by atoms with E-state index in [0.29, 0.717) is 60.4 Å². The maximum atomic E-state index is 15.1. The Bertz CT molecular complexity index is 1760. The predicted octanol–water partition coefficient (Wildman–Crippen LogP) is 5.87. The summed E-state index contributed by atoms with van der Waals surface area (Å²) >= 11 is 0. The molecule has 0 spiro atoms. The molecule has 5 heterocycles. The van der Waals surface area contributed by atoms with Gasteiger partial charge in [0.1, 0.15) is 34.9 Å². The average molecular weight is 616 g/mol. The third-order valence-electron chi connectivity index (χ3n) is 8.12. The number of piperidine rings is 1. The zero-order chi connectivity index (χ0) is 31.9. The fourth-order valence-corrected chi connectivity index (χ4v) is 5.90. The van der Waals surface area contributed by atoms with Crippen molar-refractivity contribution in [2.45, 2.75) is 65.0 Å². The molecule has 1 aromatic carbocycles. The van der Waals surface area contributed by atoms with E-state index in [1.54, 1.807) is 34.9 Å². The summed E-state index contributed by atoms with van der Waals surface area (Å²) in [4.78, 5) is 39.4. The van der Waals surface area contributed by atoms with E-state index in [1.807, 2.05) is 63.1 Å². The number of carbonyl (C=O) groups is 1. The van der Waals surface area contributed by atoms with Gasteiger partial charge in [-0.1, -0.05) is 12.1 Å². The maximum Gasteiger partial charge on any atom is 0.410 e. The molecule has 0 N–H and O–H groups in total. The van der Waals surface area contributed by atoms with Crippen LogP contribution in [0.1, 0.15) is 57.8 Å². The lowest BCUT2D eigenvalue weighted by molar-refractivity contribution is 0.0187. The van der Waals surface area contributed by atoms with Crippen LogP contribution in [0.2, 0.25) is 0 Å². The number of likely N-dealkylation sites (tertiary alicyclic amines) is 1. The van der Waals surface area contributed by atoms with Crippen LogP contribution in [0.25, 0.3) is 16.5 Å². The van der Waals surface area contributed by atoms with E-state index >= 15 is 4.39 Å². The molecule has 0 bridgehead atoms. The first-order chi connectivity index (χ1) is 21.5. The van der Waals surface area contributed by atoms with E-state index in [9.17, 15) is 9.59 Å². The number of amides is 1. The number of rotatable bonds is 6. The molecule has 3 aromatic rings. The van der Waals surface area contributed by atoms with Crippen molar-refractivity contribution in [3.63, 3.8) is 0 Å². The van der Waals surface area contributed by atoms with E-state index in [4.69, 9.17) is 19.2 Å². The number of methoxy groups -OCH3 is 1. The molecule has 2 aromatic heterocycles. The number of ether oxygens (including phenoxy) is 3. The quantitative estimate of drug-likeness (QED) is 0.342. The SMILES string of the molecule is COc1ccc(COc2cc(C3=CN4CC(C)=NC4C(F)=C3)nc3ccn(C4CCN(C(=O)OC(C)(C)C)CC4)c(=O)c23)cc1. The Morgan fingerprint density at radius 1 is 1.11 bits per heavy atom. The van der Waals surface area contributed by atoms with Gasteiger partial charge < -0.3 is 28.6 Å². The van der Waals surface area contributed by atoms with E-state index in [1.165, 1.54) is 6.08 Å². The summed E-state index contributed by atoms with van der Waals surface area (Å²) < 4.78 is 33.9. The molecular formula is C34H38FN5O5. The molecule has 11 heteroatoms. The van der Waals surface area contributed by atoms with Crippen LogP contribution < -0.4 is 15.0 Å². The number of pyridine rings is 2. The number of carbonyl (C=O) groups excluding carboxylic acids is 1. The highest BCUT2D eigenvalue weighted by molar-refractivity contribution is 5.89. The Morgan fingerprint density at radius 2 is 1.84 bits per heavy atom. The second-order valence-corrected chi connectivity index (χ2v) is 12.7. The number of aliphatic imine (C=N–C) groups is 1. The van der Waals surface area contributed by atoms with Crippen molar-refractivity contribution in [2.24, 2.45) is 4.99 Å². The van der Waals surface area contributed by atoms with Crippen molar-refractivity contribution in [3.05, 3.63) is 82.3 Å². The predicted molar refractivity (Wildman–Crippen MR) is 170 cm³/mol.